The molecule has 0 amide bonds. The van der Waals surface area contributed by atoms with Crippen LogP contribution in [-0.2, 0) is 5.41 Å². The standard InChI is InChI=1S/C30H33ClN2/c1-19-4-7-27(31)14-29(19)33-20(2)10-25(21(33)3)18-32-28-8-5-26(6-9-28)30-15-22-11-23(16-30)13-24(12-22)17-30/h4-10,14,18,22-24H,11-13,15-17H2,1-3H3. The fraction of sp³-hybridized carbons (Fsp3) is 0.433. The van der Waals surface area contributed by atoms with E-state index in [0.717, 1.165) is 39.7 Å². The van der Waals surface area contributed by atoms with E-state index in [9.17, 15) is 0 Å². The highest BCUT2D eigenvalue weighted by molar-refractivity contribution is 6.30. The van der Waals surface area contributed by atoms with Gasteiger partial charge in [-0.2, -0.15) is 0 Å². The van der Waals surface area contributed by atoms with E-state index >= 15 is 0 Å². The minimum absolute atomic E-state index is 0.455. The molecule has 0 radical (unpaired) electrons. The Labute approximate surface area is 202 Å². The Morgan fingerprint density at radius 1 is 0.879 bits per heavy atom. The van der Waals surface area contributed by atoms with Crippen LogP contribution < -0.4 is 0 Å². The highest BCUT2D eigenvalue weighted by atomic mass is 35.5. The Hall–Kier alpha value is -2.32. The third kappa shape index (κ3) is 3.67. The molecule has 33 heavy (non-hydrogen) atoms. The predicted molar refractivity (Wildman–Crippen MR) is 139 cm³/mol. The molecule has 3 heteroatoms. The molecule has 0 atom stereocenters. The molecular formula is C30H33ClN2. The number of hydrogen-bond acceptors (Lipinski definition) is 1. The lowest BCUT2D eigenvalue weighted by Gasteiger charge is -2.57. The van der Waals surface area contributed by atoms with E-state index in [4.69, 9.17) is 16.6 Å². The van der Waals surface area contributed by atoms with Crippen molar-refractivity contribution >= 4 is 23.5 Å². The van der Waals surface area contributed by atoms with E-state index in [0.29, 0.717) is 5.41 Å². The van der Waals surface area contributed by atoms with Crippen molar-refractivity contribution in [1.29, 1.82) is 0 Å². The van der Waals surface area contributed by atoms with Gasteiger partial charge in [-0.25, -0.2) is 0 Å². The highest BCUT2D eigenvalue weighted by Crippen LogP contribution is 2.60. The SMILES string of the molecule is Cc1ccc(Cl)cc1-n1c(C)cc(C=Nc2ccc(C34CC5CC(CC(C5)C3)C4)cc2)c1C. The van der Waals surface area contributed by atoms with E-state index in [1.165, 1.54) is 55.5 Å². The molecule has 7 rings (SSSR count). The summed E-state index contributed by atoms with van der Waals surface area (Å²) in [4.78, 5) is 4.85. The zero-order valence-electron chi connectivity index (χ0n) is 19.9. The molecule has 0 unspecified atom stereocenters. The molecule has 3 aromatic rings. The van der Waals surface area contributed by atoms with Crippen LogP contribution in [-0.4, -0.2) is 10.8 Å². The largest absolute Gasteiger partial charge is 0.318 e. The van der Waals surface area contributed by atoms with E-state index in [2.05, 4.69) is 61.7 Å². The minimum atomic E-state index is 0.455. The van der Waals surface area contributed by atoms with Gasteiger partial charge in [0, 0.05) is 33.9 Å². The van der Waals surface area contributed by atoms with Crippen molar-refractivity contribution in [3.63, 3.8) is 0 Å². The molecule has 0 aliphatic heterocycles. The van der Waals surface area contributed by atoms with Crippen molar-refractivity contribution in [2.45, 2.75) is 64.7 Å². The molecule has 4 fully saturated rings. The van der Waals surface area contributed by atoms with Crippen LogP contribution in [0.2, 0.25) is 5.02 Å². The maximum atomic E-state index is 6.29. The average Bonchev–Trinajstić information content (AvgIpc) is 3.06. The molecule has 4 aliphatic carbocycles. The quantitative estimate of drug-likeness (QED) is 0.351. The van der Waals surface area contributed by atoms with Crippen LogP contribution in [0.3, 0.4) is 0 Å². The van der Waals surface area contributed by atoms with Gasteiger partial charge < -0.3 is 4.57 Å². The number of benzene rings is 2. The number of nitrogens with zero attached hydrogens (tertiary/aromatic N) is 2. The smallest absolute Gasteiger partial charge is 0.0630 e. The third-order valence-electron chi connectivity index (χ3n) is 8.75. The summed E-state index contributed by atoms with van der Waals surface area (Å²) >= 11 is 6.29. The number of aliphatic imine (C=N–C) groups is 1. The molecule has 4 aliphatic rings. The third-order valence-corrected chi connectivity index (χ3v) is 8.99. The van der Waals surface area contributed by atoms with Gasteiger partial charge in [-0.1, -0.05) is 29.8 Å². The summed E-state index contributed by atoms with van der Waals surface area (Å²) in [6.07, 6.45) is 10.7. The van der Waals surface area contributed by atoms with Crippen LogP contribution in [0.25, 0.3) is 5.69 Å². The second-order valence-corrected chi connectivity index (χ2v) is 11.5. The fourth-order valence-corrected chi connectivity index (χ4v) is 7.79. The molecule has 0 saturated heterocycles. The molecular weight excluding hydrogens is 424 g/mol. The lowest BCUT2D eigenvalue weighted by Crippen LogP contribution is -2.48. The lowest BCUT2D eigenvalue weighted by atomic mass is 9.48. The van der Waals surface area contributed by atoms with Crippen LogP contribution in [0.15, 0.2) is 53.5 Å². The van der Waals surface area contributed by atoms with Gasteiger partial charge >= 0.3 is 0 Å². The monoisotopic (exact) mass is 456 g/mol. The normalized spacial score (nSPS) is 28.2. The number of hydrogen-bond donors (Lipinski definition) is 0. The van der Waals surface area contributed by atoms with E-state index < -0.39 is 0 Å². The van der Waals surface area contributed by atoms with Crippen molar-refractivity contribution < 1.29 is 0 Å². The molecule has 1 aromatic heterocycles. The molecule has 2 aromatic carbocycles. The average molecular weight is 457 g/mol. The zero-order chi connectivity index (χ0) is 22.7. The Morgan fingerprint density at radius 3 is 2.15 bits per heavy atom. The first-order valence-corrected chi connectivity index (χ1v) is 12.9. The van der Waals surface area contributed by atoms with Gasteiger partial charge in [0.15, 0.2) is 0 Å². The molecule has 170 valence electrons. The Morgan fingerprint density at radius 2 is 1.52 bits per heavy atom. The van der Waals surface area contributed by atoms with Crippen LogP contribution in [0.1, 0.15) is 66.6 Å². The molecule has 0 N–H and O–H groups in total. The summed E-state index contributed by atoms with van der Waals surface area (Å²) in [5.41, 5.74) is 8.93. The number of halogens is 1. The molecule has 4 saturated carbocycles. The van der Waals surface area contributed by atoms with Crippen LogP contribution >= 0.6 is 11.6 Å². The van der Waals surface area contributed by atoms with Gasteiger partial charge in [0.25, 0.3) is 0 Å². The van der Waals surface area contributed by atoms with Gasteiger partial charge in [0.2, 0.25) is 0 Å². The lowest BCUT2D eigenvalue weighted by molar-refractivity contribution is -0.00518. The molecule has 4 bridgehead atoms. The van der Waals surface area contributed by atoms with Crippen molar-refractivity contribution in [3.05, 3.63) is 81.6 Å². The number of aromatic nitrogens is 1. The first-order valence-electron chi connectivity index (χ1n) is 12.5. The summed E-state index contributed by atoms with van der Waals surface area (Å²) in [5.74, 6) is 2.94. The Bertz CT molecular complexity index is 1200. The first-order chi connectivity index (χ1) is 15.9. The molecule has 1 heterocycles. The van der Waals surface area contributed by atoms with Crippen molar-refractivity contribution in [2.75, 3.05) is 0 Å². The first kappa shape index (κ1) is 21.2. The van der Waals surface area contributed by atoms with Crippen molar-refractivity contribution in [3.8, 4) is 5.69 Å². The Balaban J connectivity index is 1.25. The van der Waals surface area contributed by atoms with Gasteiger partial charge in [-0.15, -0.1) is 0 Å². The number of aryl methyl sites for hydroxylation is 2. The van der Waals surface area contributed by atoms with Crippen molar-refractivity contribution in [1.82, 2.24) is 4.57 Å². The Kier molecular flexibility index (Phi) is 5.07. The highest BCUT2D eigenvalue weighted by Gasteiger charge is 2.51. The minimum Gasteiger partial charge on any atom is -0.318 e. The topological polar surface area (TPSA) is 17.3 Å². The van der Waals surface area contributed by atoms with E-state index in [1.54, 1.807) is 5.56 Å². The number of rotatable bonds is 4. The maximum Gasteiger partial charge on any atom is 0.0630 e. The second kappa shape index (κ2) is 7.87. The van der Waals surface area contributed by atoms with Crippen LogP contribution in [0.4, 0.5) is 5.69 Å². The predicted octanol–water partition coefficient (Wildman–Crippen LogP) is 8.27. The maximum absolute atomic E-state index is 6.29. The fourth-order valence-electron chi connectivity index (χ4n) is 7.62. The summed E-state index contributed by atoms with van der Waals surface area (Å²) in [5, 5.41) is 0.762. The van der Waals surface area contributed by atoms with Crippen molar-refractivity contribution in [2.24, 2.45) is 22.7 Å². The van der Waals surface area contributed by atoms with Gasteiger partial charge in [0.05, 0.1) is 5.69 Å². The van der Waals surface area contributed by atoms with E-state index in [-0.39, 0.29) is 0 Å². The summed E-state index contributed by atoms with van der Waals surface area (Å²) in [6, 6.07) is 17.5. The van der Waals surface area contributed by atoms with Gasteiger partial charge in [-0.3, -0.25) is 4.99 Å². The molecule has 2 nitrogen and oxygen atoms in total. The summed E-state index contributed by atoms with van der Waals surface area (Å²) in [7, 11) is 0. The second-order valence-electron chi connectivity index (χ2n) is 11.1. The zero-order valence-corrected chi connectivity index (χ0v) is 20.7. The van der Waals surface area contributed by atoms with Crippen LogP contribution in [0, 0.1) is 38.5 Å². The molecule has 0 spiro atoms. The van der Waals surface area contributed by atoms with E-state index in [1.807, 2.05) is 18.3 Å². The van der Waals surface area contributed by atoms with Gasteiger partial charge in [0.1, 0.15) is 0 Å². The van der Waals surface area contributed by atoms with Crippen LogP contribution in [0.5, 0.6) is 0 Å². The van der Waals surface area contributed by atoms with Gasteiger partial charge in [-0.05, 0) is 124 Å². The summed E-state index contributed by atoms with van der Waals surface area (Å²) < 4.78 is 2.28. The summed E-state index contributed by atoms with van der Waals surface area (Å²) in [6.45, 7) is 6.43.